The van der Waals surface area contributed by atoms with Crippen LogP contribution in [0.15, 0.2) is 180 Å². The number of anilines is 3. The molecule has 0 unspecified atom stereocenters. The Kier molecular flexibility index (Phi) is 5.58. The van der Waals surface area contributed by atoms with Crippen LogP contribution in [-0.4, -0.2) is 11.3 Å². The average Bonchev–Trinajstić information content (AvgIpc) is 3.76. The molecule has 4 heteroatoms. The Bertz CT molecular complexity index is 3070. The van der Waals surface area contributed by atoms with Crippen molar-refractivity contribution in [1.29, 1.82) is 0 Å². The van der Waals surface area contributed by atoms with E-state index >= 15 is 0 Å². The number of furan rings is 1. The number of fused-ring (bicyclic) bond motifs is 11. The molecule has 0 saturated carbocycles. The molecule has 0 N–H and O–H groups in total. The third-order valence-electron chi connectivity index (χ3n) is 11.4. The fourth-order valence-corrected chi connectivity index (χ4v) is 9.18. The van der Waals surface area contributed by atoms with Gasteiger partial charge in [-0.1, -0.05) is 140 Å². The van der Waals surface area contributed by atoms with Crippen molar-refractivity contribution in [3.8, 4) is 33.4 Å². The minimum absolute atomic E-state index is 0.0566. The highest BCUT2D eigenvalue weighted by Gasteiger charge is 2.44. The van der Waals surface area contributed by atoms with Crippen molar-refractivity contribution in [3.05, 3.63) is 176 Å². The Labute approximate surface area is 300 Å². The number of rotatable bonds is 3. The highest BCUT2D eigenvalue weighted by atomic mass is 16.3. The molecule has 0 radical (unpaired) electrons. The molecule has 52 heavy (non-hydrogen) atoms. The van der Waals surface area contributed by atoms with E-state index in [1.54, 1.807) is 0 Å². The normalized spacial score (nSPS) is 12.9. The SMILES string of the molecule is c1ccc(-c2ccc(N3c4ccc(-c5ccccc5)cc4B4c5c(cc6oc7ccccc7c6c53)-c3cccc5c6ccccc6n4c35)cc2)cc1. The number of para-hydroxylation sites is 3. The second kappa shape index (κ2) is 10.4. The zero-order chi connectivity index (χ0) is 33.9. The largest absolute Gasteiger partial charge is 0.456 e. The third kappa shape index (κ3) is 3.71. The summed E-state index contributed by atoms with van der Waals surface area (Å²) in [6.07, 6.45) is 0. The first-order valence-corrected chi connectivity index (χ1v) is 18.0. The first kappa shape index (κ1) is 28.0. The average molecular weight is 661 g/mol. The molecule has 2 aromatic heterocycles. The van der Waals surface area contributed by atoms with Gasteiger partial charge in [0.25, 0.3) is 0 Å². The Morgan fingerprint density at radius 3 is 1.92 bits per heavy atom. The molecule has 0 bridgehead atoms. The van der Waals surface area contributed by atoms with Gasteiger partial charge in [0.2, 0.25) is 0 Å². The highest BCUT2D eigenvalue weighted by Crippen LogP contribution is 2.50. The lowest BCUT2D eigenvalue weighted by atomic mass is 9.44. The maximum atomic E-state index is 6.76. The molecular formula is C48H29BN2O. The van der Waals surface area contributed by atoms with Crippen LogP contribution in [0.25, 0.3) is 77.1 Å². The van der Waals surface area contributed by atoms with Crippen LogP contribution < -0.4 is 15.8 Å². The van der Waals surface area contributed by atoms with Crippen LogP contribution >= 0.6 is 0 Å². The van der Waals surface area contributed by atoms with Crippen LogP contribution in [0.3, 0.4) is 0 Å². The molecule has 240 valence electrons. The summed E-state index contributed by atoms with van der Waals surface area (Å²) in [6, 6.07) is 64.1. The van der Waals surface area contributed by atoms with Crippen molar-refractivity contribution in [2.45, 2.75) is 0 Å². The van der Waals surface area contributed by atoms with Crippen molar-refractivity contribution in [3.63, 3.8) is 0 Å². The summed E-state index contributed by atoms with van der Waals surface area (Å²) < 4.78 is 9.38. The third-order valence-corrected chi connectivity index (χ3v) is 11.4. The first-order valence-electron chi connectivity index (χ1n) is 18.0. The standard InChI is InChI=1S/C48H29BN2O/c1-3-12-30(13-4-1)32-22-25-34(26-23-32)50-42-27-24-33(31-14-5-2-6-15-31)28-40(42)49-46-39(29-44-45(48(46)50)38-17-8-10-21-43(38)52-44)37-19-11-18-36-35-16-7-9-20-41(35)51(49)47(36)37/h1-29H. The smallest absolute Gasteiger partial charge is 0.333 e. The molecule has 0 spiro atoms. The maximum Gasteiger partial charge on any atom is 0.333 e. The second-order valence-corrected chi connectivity index (χ2v) is 14.0. The zero-order valence-corrected chi connectivity index (χ0v) is 28.1. The van der Waals surface area contributed by atoms with Gasteiger partial charge in [-0.05, 0) is 75.1 Å². The number of hydrogen-bond acceptors (Lipinski definition) is 2. The summed E-state index contributed by atoms with van der Waals surface area (Å²) in [4.78, 5) is 2.51. The van der Waals surface area contributed by atoms with Gasteiger partial charge in [-0.2, -0.15) is 0 Å². The molecule has 0 atom stereocenters. The first-order chi connectivity index (χ1) is 25.8. The van der Waals surface area contributed by atoms with Crippen molar-refractivity contribution >= 4 is 78.6 Å². The molecule has 2 aliphatic rings. The molecule has 0 fully saturated rings. The van der Waals surface area contributed by atoms with Crippen LogP contribution in [0, 0.1) is 0 Å². The van der Waals surface area contributed by atoms with Crippen LogP contribution in [0.2, 0.25) is 0 Å². The van der Waals surface area contributed by atoms with Crippen LogP contribution in [0.4, 0.5) is 17.1 Å². The molecule has 2 aliphatic heterocycles. The minimum Gasteiger partial charge on any atom is -0.456 e. The van der Waals surface area contributed by atoms with Gasteiger partial charge in [-0.3, -0.25) is 0 Å². The highest BCUT2D eigenvalue weighted by molar-refractivity contribution is 6.90. The topological polar surface area (TPSA) is 21.3 Å². The molecule has 12 rings (SSSR count). The molecule has 8 aromatic carbocycles. The lowest BCUT2D eigenvalue weighted by molar-refractivity contribution is 0.669. The summed E-state index contributed by atoms with van der Waals surface area (Å²) in [5.74, 6) is 0. The summed E-state index contributed by atoms with van der Waals surface area (Å²) in [7, 11) is 0. The Balaban J connectivity index is 1.25. The van der Waals surface area contributed by atoms with Gasteiger partial charge in [0.15, 0.2) is 0 Å². The fourth-order valence-electron chi connectivity index (χ4n) is 9.18. The zero-order valence-electron chi connectivity index (χ0n) is 28.1. The van der Waals surface area contributed by atoms with Gasteiger partial charge in [-0.15, -0.1) is 0 Å². The summed E-state index contributed by atoms with van der Waals surface area (Å²) in [6.45, 7) is -0.0566. The van der Waals surface area contributed by atoms with E-state index in [0.29, 0.717) is 0 Å². The predicted molar refractivity (Wildman–Crippen MR) is 218 cm³/mol. The molecule has 10 aromatic rings. The van der Waals surface area contributed by atoms with Crippen LogP contribution in [0.1, 0.15) is 0 Å². The number of hydrogen-bond donors (Lipinski definition) is 0. The Morgan fingerprint density at radius 2 is 1.12 bits per heavy atom. The molecular weight excluding hydrogens is 631 g/mol. The minimum atomic E-state index is -0.0566. The van der Waals surface area contributed by atoms with E-state index in [1.165, 1.54) is 77.5 Å². The van der Waals surface area contributed by atoms with Crippen molar-refractivity contribution in [2.24, 2.45) is 0 Å². The molecule has 0 saturated heterocycles. The van der Waals surface area contributed by atoms with Gasteiger partial charge in [0, 0.05) is 44.1 Å². The van der Waals surface area contributed by atoms with Gasteiger partial charge < -0.3 is 13.8 Å². The number of nitrogens with zero attached hydrogens (tertiary/aromatic N) is 2. The van der Waals surface area contributed by atoms with Crippen molar-refractivity contribution in [1.82, 2.24) is 4.48 Å². The van der Waals surface area contributed by atoms with Crippen LogP contribution in [0.5, 0.6) is 0 Å². The van der Waals surface area contributed by atoms with E-state index in [9.17, 15) is 0 Å². The fraction of sp³-hybridized carbons (Fsp3) is 0. The Morgan fingerprint density at radius 1 is 0.462 bits per heavy atom. The monoisotopic (exact) mass is 660 g/mol. The Hall–Kier alpha value is -6.78. The van der Waals surface area contributed by atoms with Gasteiger partial charge in [-0.25, -0.2) is 0 Å². The number of benzene rings is 8. The maximum absolute atomic E-state index is 6.76. The van der Waals surface area contributed by atoms with Gasteiger partial charge in [0.1, 0.15) is 11.2 Å². The summed E-state index contributed by atoms with van der Waals surface area (Å²) in [5, 5.41) is 4.84. The lowest BCUT2D eigenvalue weighted by Crippen LogP contribution is -2.56. The quantitative estimate of drug-likeness (QED) is 0.176. The van der Waals surface area contributed by atoms with Crippen molar-refractivity contribution < 1.29 is 4.42 Å². The molecule has 3 nitrogen and oxygen atoms in total. The van der Waals surface area contributed by atoms with E-state index in [0.717, 1.165) is 27.6 Å². The number of aromatic nitrogens is 1. The van der Waals surface area contributed by atoms with Gasteiger partial charge in [0.05, 0.1) is 11.1 Å². The van der Waals surface area contributed by atoms with E-state index in [4.69, 9.17) is 4.42 Å². The molecule has 0 aliphatic carbocycles. The summed E-state index contributed by atoms with van der Waals surface area (Å²) >= 11 is 0. The molecule has 0 amide bonds. The van der Waals surface area contributed by atoms with E-state index in [-0.39, 0.29) is 6.85 Å². The molecule has 4 heterocycles. The van der Waals surface area contributed by atoms with Crippen molar-refractivity contribution in [2.75, 3.05) is 4.90 Å². The van der Waals surface area contributed by atoms with E-state index in [2.05, 4.69) is 185 Å². The van der Waals surface area contributed by atoms with E-state index < -0.39 is 0 Å². The van der Waals surface area contributed by atoms with Crippen LogP contribution in [-0.2, 0) is 0 Å². The van der Waals surface area contributed by atoms with E-state index in [1.807, 2.05) is 0 Å². The predicted octanol–water partition coefficient (Wildman–Crippen LogP) is 11.4. The van der Waals surface area contributed by atoms with Gasteiger partial charge >= 0.3 is 6.85 Å². The second-order valence-electron chi connectivity index (χ2n) is 14.0. The summed E-state index contributed by atoms with van der Waals surface area (Å²) in [5.41, 5.74) is 17.7. The lowest BCUT2D eigenvalue weighted by Gasteiger charge is -2.41.